The highest BCUT2D eigenvalue weighted by Gasteiger charge is 2.09. The number of hydrogen-bond donors (Lipinski definition) is 1. The maximum atomic E-state index is 11.1. The summed E-state index contributed by atoms with van der Waals surface area (Å²) in [5, 5.41) is 0.947. The molecule has 0 aliphatic rings. The molecule has 1 aromatic carbocycles. The average Bonchev–Trinajstić information content (AvgIpc) is 2.71. The summed E-state index contributed by atoms with van der Waals surface area (Å²) in [5.74, 6) is -0.407. The lowest BCUT2D eigenvalue weighted by Gasteiger charge is -1.98. The molecule has 0 aliphatic carbocycles. The lowest BCUT2D eigenvalue weighted by molar-refractivity contribution is 0.100. The van der Waals surface area contributed by atoms with Gasteiger partial charge in [0, 0.05) is 16.0 Å². The molecular weight excluding hydrogens is 232 g/mol. The van der Waals surface area contributed by atoms with Gasteiger partial charge in [-0.2, -0.15) is 0 Å². The van der Waals surface area contributed by atoms with Crippen LogP contribution in [0.3, 0.4) is 0 Å². The van der Waals surface area contributed by atoms with Crippen LogP contribution in [0.25, 0.3) is 10.6 Å². The van der Waals surface area contributed by atoms with Crippen LogP contribution in [0.1, 0.15) is 27.9 Å². The van der Waals surface area contributed by atoms with E-state index in [4.69, 9.17) is 5.73 Å². The molecule has 17 heavy (non-hydrogen) atoms. The van der Waals surface area contributed by atoms with Crippen molar-refractivity contribution >= 4 is 17.2 Å². The van der Waals surface area contributed by atoms with Gasteiger partial charge in [0.25, 0.3) is 0 Å². The minimum atomic E-state index is -0.407. The third kappa shape index (κ3) is 2.36. The summed E-state index contributed by atoms with van der Waals surface area (Å²) in [4.78, 5) is 16.9. The van der Waals surface area contributed by atoms with Gasteiger partial charge in [0.2, 0.25) is 5.91 Å². The molecule has 0 aliphatic heterocycles. The molecule has 0 saturated carbocycles. The van der Waals surface area contributed by atoms with Gasteiger partial charge in [0.05, 0.1) is 5.69 Å². The molecule has 2 N–H and O–H groups in total. The summed E-state index contributed by atoms with van der Waals surface area (Å²) in [6.07, 6.45) is 0.928. The third-order valence-electron chi connectivity index (χ3n) is 2.62. The summed E-state index contributed by atoms with van der Waals surface area (Å²) in [7, 11) is 0. The second kappa shape index (κ2) is 4.67. The maximum Gasteiger partial charge on any atom is 0.248 e. The number of carbonyl (C=O) groups excluding carboxylic acids is 1. The van der Waals surface area contributed by atoms with Crippen LogP contribution in [0.15, 0.2) is 24.3 Å². The van der Waals surface area contributed by atoms with Gasteiger partial charge in [-0.05, 0) is 25.5 Å². The standard InChI is InChI=1S/C13H14N2OS/c1-3-11-8(2)17-13(15-11)10-6-4-5-9(7-10)12(14)16/h4-7H,3H2,1-2H3,(H2,14,16). The predicted molar refractivity (Wildman–Crippen MR) is 70.2 cm³/mol. The van der Waals surface area contributed by atoms with Crippen LogP contribution < -0.4 is 5.73 Å². The van der Waals surface area contributed by atoms with E-state index < -0.39 is 5.91 Å². The molecule has 88 valence electrons. The molecule has 0 saturated heterocycles. The summed E-state index contributed by atoms with van der Waals surface area (Å²) >= 11 is 1.65. The first kappa shape index (κ1) is 11.8. The molecule has 2 aromatic rings. The SMILES string of the molecule is CCc1nc(-c2cccc(C(N)=O)c2)sc1C. The Balaban J connectivity index is 2.45. The first-order valence-electron chi connectivity index (χ1n) is 5.48. The summed E-state index contributed by atoms with van der Waals surface area (Å²) in [6.45, 7) is 4.16. The van der Waals surface area contributed by atoms with Gasteiger partial charge in [0.15, 0.2) is 0 Å². The molecule has 1 heterocycles. The Labute approximate surface area is 104 Å². The molecule has 0 atom stereocenters. The van der Waals surface area contributed by atoms with Crippen molar-refractivity contribution in [1.82, 2.24) is 4.98 Å². The second-order valence-corrected chi connectivity index (χ2v) is 5.02. The highest BCUT2D eigenvalue weighted by molar-refractivity contribution is 7.15. The van der Waals surface area contributed by atoms with Gasteiger partial charge in [-0.3, -0.25) is 4.79 Å². The fourth-order valence-corrected chi connectivity index (χ4v) is 2.68. The van der Waals surface area contributed by atoms with Gasteiger partial charge in [-0.25, -0.2) is 4.98 Å². The van der Waals surface area contributed by atoms with Crippen LogP contribution in [0, 0.1) is 6.92 Å². The Hall–Kier alpha value is -1.68. The van der Waals surface area contributed by atoms with Gasteiger partial charge >= 0.3 is 0 Å². The lowest BCUT2D eigenvalue weighted by atomic mass is 10.1. The smallest absolute Gasteiger partial charge is 0.248 e. The Morgan fingerprint density at radius 3 is 2.82 bits per heavy atom. The van der Waals surface area contributed by atoms with E-state index in [-0.39, 0.29) is 0 Å². The molecule has 2 rings (SSSR count). The molecule has 0 bridgehead atoms. The highest BCUT2D eigenvalue weighted by Crippen LogP contribution is 2.28. The van der Waals surface area contributed by atoms with E-state index in [1.165, 1.54) is 4.88 Å². The first-order valence-corrected chi connectivity index (χ1v) is 6.30. The van der Waals surface area contributed by atoms with Crippen molar-refractivity contribution in [3.8, 4) is 10.6 Å². The minimum absolute atomic E-state index is 0.407. The summed E-state index contributed by atoms with van der Waals surface area (Å²) in [5.41, 5.74) is 7.86. The van der Waals surface area contributed by atoms with E-state index in [0.717, 1.165) is 22.7 Å². The quantitative estimate of drug-likeness (QED) is 0.905. The zero-order chi connectivity index (χ0) is 12.4. The van der Waals surface area contributed by atoms with Crippen LogP contribution in [0.4, 0.5) is 0 Å². The van der Waals surface area contributed by atoms with Crippen LogP contribution in [0.2, 0.25) is 0 Å². The number of aryl methyl sites for hydroxylation is 2. The second-order valence-electron chi connectivity index (χ2n) is 3.82. The normalized spacial score (nSPS) is 10.5. The largest absolute Gasteiger partial charge is 0.366 e. The lowest BCUT2D eigenvalue weighted by Crippen LogP contribution is -2.10. The average molecular weight is 246 g/mol. The van der Waals surface area contributed by atoms with Gasteiger partial charge in [-0.1, -0.05) is 19.1 Å². The number of nitrogens with zero attached hydrogens (tertiary/aromatic N) is 1. The zero-order valence-electron chi connectivity index (χ0n) is 9.86. The Kier molecular flexibility index (Phi) is 3.24. The van der Waals surface area contributed by atoms with Crippen molar-refractivity contribution in [3.63, 3.8) is 0 Å². The van der Waals surface area contributed by atoms with E-state index in [9.17, 15) is 4.79 Å². The number of nitrogens with two attached hydrogens (primary N) is 1. The molecule has 0 fully saturated rings. The number of primary amides is 1. The molecule has 1 amide bonds. The van der Waals surface area contributed by atoms with Gasteiger partial charge < -0.3 is 5.73 Å². The number of aromatic nitrogens is 1. The van der Waals surface area contributed by atoms with Crippen molar-refractivity contribution in [2.45, 2.75) is 20.3 Å². The van der Waals surface area contributed by atoms with Crippen molar-refractivity contribution in [3.05, 3.63) is 40.4 Å². The summed E-state index contributed by atoms with van der Waals surface area (Å²) in [6, 6.07) is 7.29. The Morgan fingerprint density at radius 2 is 2.24 bits per heavy atom. The molecule has 0 spiro atoms. The highest BCUT2D eigenvalue weighted by atomic mass is 32.1. The number of hydrogen-bond acceptors (Lipinski definition) is 3. The molecular formula is C13H14N2OS. The molecule has 3 nitrogen and oxygen atoms in total. The topological polar surface area (TPSA) is 56.0 Å². The number of rotatable bonds is 3. The van der Waals surface area contributed by atoms with E-state index in [2.05, 4.69) is 18.8 Å². The molecule has 0 radical (unpaired) electrons. The number of benzene rings is 1. The Morgan fingerprint density at radius 1 is 1.47 bits per heavy atom. The van der Waals surface area contributed by atoms with E-state index >= 15 is 0 Å². The van der Waals surface area contributed by atoms with Crippen molar-refractivity contribution in [2.75, 3.05) is 0 Å². The van der Waals surface area contributed by atoms with Crippen molar-refractivity contribution in [1.29, 1.82) is 0 Å². The minimum Gasteiger partial charge on any atom is -0.366 e. The summed E-state index contributed by atoms with van der Waals surface area (Å²) < 4.78 is 0. The maximum absolute atomic E-state index is 11.1. The monoisotopic (exact) mass is 246 g/mol. The van der Waals surface area contributed by atoms with Crippen molar-refractivity contribution in [2.24, 2.45) is 5.73 Å². The molecule has 0 unspecified atom stereocenters. The van der Waals surface area contributed by atoms with Gasteiger partial charge in [0.1, 0.15) is 5.01 Å². The van der Waals surface area contributed by atoms with Crippen LogP contribution >= 0.6 is 11.3 Å². The van der Waals surface area contributed by atoms with Gasteiger partial charge in [-0.15, -0.1) is 11.3 Å². The predicted octanol–water partition coefficient (Wildman–Crippen LogP) is 2.78. The Bertz CT molecular complexity index is 560. The van der Waals surface area contributed by atoms with E-state index in [1.54, 1.807) is 23.5 Å². The third-order valence-corrected chi connectivity index (χ3v) is 3.68. The molecule has 4 heteroatoms. The number of thiazole rings is 1. The molecule has 1 aromatic heterocycles. The van der Waals surface area contributed by atoms with Crippen LogP contribution in [0.5, 0.6) is 0 Å². The van der Waals surface area contributed by atoms with E-state index in [0.29, 0.717) is 5.56 Å². The van der Waals surface area contributed by atoms with Crippen molar-refractivity contribution < 1.29 is 4.79 Å². The van der Waals surface area contributed by atoms with Crippen LogP contribution in [-0.4, -0.2) is 10.9 Å². The van der Waals surface area contributed by atoms with Crippen LogP contribution in [-0.2, 0) is 6.42 Å². The number of amides is 1. The van der Waals surface area contributed by atoms with E-state index in [1.807, 2.05) is 12.1 Å². The first-order chi connectivity index (χ1) is 8.11. The zero-order valence-corrected chi connectivity index (χ0v) is 10.7. The fourth-order valence-electron chi connectivity index (χ4n) is 1.69. The number of carbonyl (C=O) groups is 1. The fraction of sp³-hybridized carbons (Fsp3) is 0.231.